The van der Waals surface area contributed by atoms with E-state index >= 15 is 0 Å². The molecular formula is C14H12Cl2N2O3. The molecule has 0 atom stereocenters. The third-order valence-corrected chi connectivity index (χ3v) is 3.19. The zero-order valence-corrected chi connectivity index (χ0v) is 12.4. The standard InChI is InChI=1S/C14H12Cl2N2O3/c15-9-3-4-12(16)11(6-9)14(20)18-8-13(19)17-7-10-2-1-5-21-10/h1-6H,7-8H2,(H,17,19)(H,18,20). The highest BCUT2D eigenvalue weighted by Gasteiger charge is 2.12. The van der Waals surface area contributed by atoms with E-state index in [2.05, 4.69) is 10.6 Å². The van der Waals surface area contributed by atoms with Crippen LogP contribution in [0.5, 0.6) is 0 Å². The molecule has 2 rings (SSSR count). The number of benzene rings is 1. The molecule has 2 amide bonds. The maximum Gasteiger partial charge on any atom is 0.253 e. The molecule has 110 valence electrons. The molecular weight excluding hydrogens is 315 g/mol. The van der Waals surface area contributed by atoms with Gasteiger partial charge in [0.05, 0.1) is 29.9 Å². The molecule has 0 saturated carbocycles. The SMILES string of the molecule is O=C(CNC(=O)c1cc(Cl)ccc1Cl)NCc1ccco1. The van der Waals surface area contributed by atoms with Crippen molar-refractivity contribution in [3.8, 4) is 0 Å². The minimum Gasteiger partial charge on any atom is -0.467 e. The number of carbonyl (C=O) groups excluding carboxylic acids is 2. The Morgan fingerprint density at radius 1 is 1.14 bits per heavy atom. The minimum atomic E-state index is -0.462. The summed E-state index contributed by atoms with van der Waals surface area (Å²) < 4.78 is 5.07. The van der Waals surface area contributed by atoms with E-state index in [1.165, 1.54) is 18.4 Å². The van der Waals surface area contributed by atoms with E-state index in [4.69, 9.17) is 27.6 Å². The van der Waals surface area contributed by atoms with Crippen LogP contribution in [-0.2, 0) is 11.3 Å². The van der Waals surface area contributed by atoms with Crippen molar-refractivity contribution >= 4 is 35.0 Å². The van der Waals surface area contributed by atoms with Crippen LogP contribution in [0.25, 0.3) is 0 Å². The Balaban J connectivity index is 1.83. The zero-order valence-electron chi connectivity index (χ0n) is 10.9. The van der Waals surface area contributed by atoms with Gasteiger partial charge in [-0.2, -0.15) is 0 Å². The average Bonchev–Trinajstić information content (AvgIpc) is 2.98. The van der Waals surface area contributed by atoms with Gasteiger partial charge in [0, 0.05) is 5.02 Å². The number of nitrogens with one attached hydrogen (secondary N) is 2. The molecule has 0 spiro atoms. The lowest BCUT2D eigenvalue weighted by atomic mass is 10.2. The largest absolute Gasteiger partial charge is 0.467 e. The highest BCUT2D eigenvalue weighted by atomic mass is 35.5. The van der Waals surface area contributed by atoms with Crippen LogP contribution >= 0.6 is 23.2 Å². The Bertz CT molecular complexity index is 642. The zero-order chi connectivity index (χ0) is 15.2. The second-order valence-corrected chi connectivity index (χ2v) is 5.01. The van der Waals surface area contributed by atoms with Gasteiger partial charge in [0.2, 0.25) is 5.91 Å². The van der Waals surface area contributed by atoms with Gasteiger partial charge in [-0.1, -0.05) is 23.2 Å². The van der Waals surface area contributed by atoms with Crippen molar-refractivity contribution in [2.75, 3.05) is 6.54 Å². The predicted molar refractivity (Wildman–Crippen MR) is 79.3 cm³/mol. The maximum absolute atomic E-state index is 11.9. The molecule has 2 aromatic rings. The number of furan rings is 1. The fourth-order valence-corrected chi connectivity index (χ4v) is 1.96. The quantitative estimate of drug-likeness (QED) is 0.887. The monoisotopic (exact) mass is 326 g/mol. The number of amides is 2. The third-order valence-electron chi connectivity index (χ3n) is 2.62. The normalized spacial score (nSPS) is 10.2. The van der Waals surface area contributed by atoms with Crippen molar-refractivity contribution < 1.29 is 14.0 Å². The molecule has 0 unspecified atom stereocenters. The van der Waals surface area contributed by atoms with Gasteiger partial charge in [0.1, 0.15) is 5.76 Å². The number of halogens is 2. The van der Waals surface area contributed by atoms with Gasteiger partial charge in [-0.3, -0.25) is 9.59 Å². The van der Waals surface area contributed by atoms with E-state index in [0.29, 0.717) is 10.8 Å². The van der Waals surface area contributed by atoms with Crippen LogP contribution in [0, 0.1) is 0 Å². The van der Waals surface area contributed by atoms with Crippen LogP contribution in [0.15, 0.2) is 41.0 Å². The topological polar surface area (TPSA) is 71.3 Å². The predicted octanol–water partition coefficient (Wildman–Crippen LogP) is 2.63. The number of hydrogen-bond acceptors (Lipinski definition) is 3. The highest BCUT2D eigenvalue weighted by molar-refractivity contribution is 6.35. The summed E-state index contributed by atoms with van der Waals surface area (Å²) in [6.45, 7) is 0.0992. The molecule has 0 saturated heterocycles. The molecule has 0 aliphatic rings. The van der Waals surface area contributed by atoms with Crippen LogP contribution in [0.1, 0.15) is 16.1 Å². The summed E-state index contributed by atoms with van der Waals surface area (Å²) >= 11 is 11.7. The minimum absolute atomic E-state index is 0.164. The van der Waals surface area contributed by atoms with Crippen molar-refractivity contribution in [3.05, 3.63) is 58.0 Å². The van der Waals surface area contributed by atoms with Gasteiger partial charge < -0.3 is 15.1 Å². The second kappa shape index (κ2) is 7.15. The van der Waals surface area contributed by atoms with E-state index < -0.39 is 5.91 Å². The molecule has 1 aromatic heterocycles. The molecule has 0 bridgehead atoms. The Hall–Kier alpha value is -1.98. The molecule has 21 heavy (non-hydrogen) atoms. The van der Waals surface area contributed by atoms with Crippen LogP contribution < -0.4 is 10.6 Å². The van der Waals surface area contributed by atoms with E-state index in [1.54, 1.807) is 18.2 Å². The maximum atomic E-state index is 11.9. The Morgan fingerprint density at radius 3 is 2.67 bits per heavy atom. The van der Waals surface area contributed by atoms with Crippen molar-refractivity contribution in [2.45, 2.75) is 6.54 Å². The number of carbonyl (C=O) groups is 2. The Kier molecular flexibility index (Phi) is 5.25. The van der Waals surface area contributed by atoms with Gasteiger partial charge in [-0.05, 0) is 30.3 Å². The van der Waals surface area contributed by atoms with Gasteiger partial charge >= 0.3 is 0 Å². The lowest BCUT2D eigenvalue weighted by Crippen LogP contribution is -2.36. The van der Waals surface area contributed by atoms with Gasteiger partial charge in [0.25, 0.3) is 5.91 Å². The summed E-state index contributed by atoms with van der Waals surface area (Å²) in [7, 11) is 0. The van der Waals surface area contributed by atoms with E-state index in [-0.39, 0.29) is 29.6 Å². The van der Waals surface area contributed by atoms with Crippen LogP contribution in [0.4, 0.5) is 0 Å². The third kappa shape index (κ3) is 4.51. The summed E-state index contributed by atoms with van der Waals surface area (Å²) in [6, 6.07) is 8.02. The van der Waals surface area contributed by atoms with Crippen LogP contribution in [0.3, 0.4) is 0 Å². The summed E-state index contributed by atoms with van der Waals surface area (Å²) in [5.74, 6) is -0.166. The number of rotatable bonds is 5. The summed E-state index contributed by atoms with van der Waals surface area (Å²) in [5, 5.41) is 5.75. The van der Waals surface area contributed by atoms with Gasteiger partial charge in [-0.15, -0.1) is 0 Å². The first kappa shape index (κ1) is 15.4. The summed E-state index contributed by atoms with van der Waals surface area (Å²) in [5.41, 5.74) is 0.225. The Labute approximate surface area is 131 Å². The molecule has 0 aliphatic carbocycles. The van der Waals surface area contributed by atoms with Crippen LogP contribution in [-0.4, -0.2) is 18.4 Å². The first-order valence-corrected chi connectivity index (χ1v) is 6.84. The molecule has 0 aliphatic heterocycles. The van der Waals surface area contributed by atoms with E-state index in [0.717, 1.165) is 0 Å². The summed E-state index contributed by atoms with van der Waals surface area (Å²) in [4.78, 5) is 23.5. The summed E-state index contributed by atoms with van der Waals surface area (Å²) in [6.07, 6.45) is 1.52. The van der Waals surface area contributed by atoms with E-state index in [1.807, 2.05) is 0 Å². The smallest absolute Gasteiger partial charge is 0.253 e. The fraction of sp³-hybridized carbons (Fsp3) is 0.143. The van der Waals surface area contributed by atoms with Crippen molar-refractivity contribution in [1.29, 1.82) is 0 Å². The van der Waals surface area contributed by atoms with Crippen molar-refractivity contribution in [2.24, 2.45) is 0 Å². The van der Waals surface area contributed by atoms with E-state index in [9.17, 15) is 9.59 Å². The van der Waals surface area contributed by atoms with Gasteiger partial charge in [-0.25, -0.2) is 0 Å². The van der Waals surface area contributed by atoms with Gasteiger partial charge in [0.15, 0.2) is 0 Å². The molecule has 7 heteroatoms. The first-order valence-electron chi connectivity index (χ1n) is 6.08. The van der Waals surface area contributed by atoms with Crippen LogP contribution in [0.2, 0.25) is 10.0 Å². The molecule has 2 N–H and O–H groups in total. The molecule has 1 aromatic carbocycles. The molecule has 0 fully saturated rings. The lowest BCUT2D eigenvalue weighted by Gasteiger charge is -2.07. The average molecular weight is 327 g/mol. The molecule has 0 radical (unpaired) electrons. The van der Waals surface area contributed by atoms with Crippen molar-refractivity contribution in [3.63, 3.8) is 0 Å². The second-order valence-electron chi connectivity index (χ2n) is 4.16. The molecule has 1 heterocycles. The number of hydrogen-bond donors (Lipinski definition) is 2. The fourth-order valence-electron chi connectivity index (χ4n) is 1.59. The lowest BCUT2D eigenvalue weighted by molar-refractivity contribution is -0.120. The first-order chi connectivity index (χ1) is 10.1. The Morgan fingerprint density at radius 2 is 1.95 bits per heavy atom. The van der Waals surface area contributed by atoms with Crippen molar-refractivity contribution in [1.82, 2.24) is 10.6 Å². The highest BCUT2D eigenvalue weighted by Crippen LogP contribution is 2.20. The molecule has 5 nitrogen and oxygen atoms in total.